The van der Waals surface area contributed by atoms with Crippen molar-refractivity contribution in [3.63, 3.8) is 0 Å². The van der Waals surface area contributed by atoms with Crippen molar-refractivity contribution < 1.29 is 12.8 Å². The second kappa shape index (κ2) is 6.12. The Bertz CT molecular complexity index is 501. The minimum atomic E-state index is -3.66. The molecule has 0 amide bonds. The number of nitrogens with zero attached hydrogens (tertiary/aromatic N) is 1. The van der Waals surface area contributed by atoms with E-state index < -0.39 is 16.0 Å². The van der Waals surface area contributed by atoms with E-state index in [-0.39, 0.29) is 17.8 Å². The van der Waals surface area contributed by atoms with Crippen LogP contribution in [0.2, 0.25) is 0 Å². The molecule has 0 saturated carbocycles. The minimum Gasteiger partial charge on any atom is -0.326 e. The molecule has 0 spiro atoms. The van der Waals surface area contributed by atoms with Crippen molar-refractivity contribution in [2.24, 2.45) is 5.73 Å². The summed E-state index contributed by atoms with van der Waals surface area (Å²) >= 11 is 0. The van der Waals surface area contributed by atoms with Crippen molar-refractivity contribution in [3.8, 4) is 0 Å². The third-order valence-corrected chi connectivity index (χ3v) is 4.28. The quantitative estimate of drug-likeness (QED) is 0.821. The molecular formula is C11H18FN3O2S. The van der Waals surface area contributed by atoms with Crippen LogP contribution in [0.1, 0.15) is 19.4 Å². The zero-order chi connectivity index (χ0) is 13.8. The Hall–Kier alpha value is -1.18. The lowest BCUT2D eigenvalue weighted by Gasteiger charge is -2.20. The van der Waals surface area contributed by atoms with Crippen LogP contribution in [0.3, 0.4) is 0 Å². The summed E-state index contributed by atoms with van der Waals surface area (Å²) in [6.07, 6.45) is 0. The van der Waals surface area contributed by atoms with Crippen LogP contribution in [0.4, 0.5) is 10.1 Å². The zero-order valence-electron chi connectivity index (χ0n) is 10.5. The number of nitrogens with one attached hydrogen (secondary N) is 1. The Labute approximate surface area is 107 Å². The van der Waals surface area contributed by atoms with Crippen LogP contribution in [0.5, 0.6) is 0 Å². The summed E-state index contributed by atoms with van der Waals surface area (Å²) in [5, 5.41) is 0. The fourth-order valence-electron chi connectivity index (χ4n) is 1.63. The van der Waals surface area contributed by atoms with E-state index in [1.807, 2.05) is 0 Å². The molecule has 1 rings (SSSR count). The topological polar surface area (TPSA) is 75.4 Å². The molecule has 5 nitrogen and oxygen atoms in total. The Morgan fingerprint density at radius 1 is 1.33 bits per heavy atom. The van der Waals surface area contributed by atoms with Gasteiger partial charge in [0.2, 0.25) is 0 Å². The smallest absolute Gasteiger partial charge is 0.301 e. The minimum absolute atomic E-state index is 0.0667. The first-order valence-corrected chi connectivity index (χ1v) is 7.15. The molecule has 0 aromatic heterocycles. The molecule has 0 aliphatic carbocycles. The van der Waals surface area contributed by atoms with Crippen LogP contribution < -0.4 is 10.5 Å². The number of nitrogens with two attached hydrogens (primary N) is 1. The second-order valence-corrected chi connectivity index (χ2v) is 5.33. The lowest BCUT2D eigenvalue weighted by Crippen LogP contribution is -2.35. The fourth-order valence-corrected chi connectivity index (χ4v) is 2.91. The van der Waals surface area contributed by atoms with Crippen molar-refractivity contribution in [1.29, 1.82) is 0 Å². The first kappa shape index (κ1) is 14.9. The van der Waals surface area contributed by atoms with E-state index in [9.17, 15) is 12.8 Å². The Morgan fingerprint density at radius 2 is 1.94 bits per heavy atom. The monoisotopic (exact) mass is 275 g/mol. The van der Waals surface area contributed by atoms with E-state index in [0.29, 0.717) is 13.1 Å². The summed E-state index contributed by atoms with van der Waals surface area (Å²) in [4.78, 5) is 0. The Kier molecular flexibility index (Phi) is 5.06. The van der Waals surface area contributed by atoms with Gasteiger partial charge in [0.25, 0.3) is 0 Å². The van der Waals surface area contributed by atoms with Gasteiger partial charge in [-0.05, 0) is 12.1 Å². The molecule has 1 aromatic carbocycles. The summed E-state index contributed by atoms with van der Waals surface area (Å²) in [5.41, 5.74) is 5.77. The Morgan fingerprint density at radius 3 is 2.44 bits per heavy atom. The summed E-state index contributed by atoms with van der Waals surface area (Å²) in [7, 11) is -3.66. The highest BCUT2D eigenvalue weighted by atomic mass is 32.2. The molecule has 7 heteroatoms. The van der Waals surface area contributed by atoms with Crippen molar-refractivity contribution >= 4 is 15.9 Å². The van der Waals surface area contributed by atoms with E-state index >= 15 is 0 Å². The molecular weight excluding hydrogens is 257 g/mol. The van der Waals surface area contributed by atoms with Gasteiger partial charge in [0, 0.05) is 25.2 Å². The van der Waals surface area contributed by atoms with E-state index in [1.54, 1.807) is 13.8 Å². The summed E-state index contributed by atoms with van der Waals surface area (Å²) < 4.78 is 41.1. The molecule has 3 N–H and O–H groups in total. The SMILES string of the molecule is CCN(CC)S(=O)(=O)Nc1cccc(F)c1CN. The van der Waals surface area contributed by atoms with Crippen molar-refractivity contribution in [1.82, 2.24) is 4.31 Å². The van der Waals surface area contributed by atoms with Gasteiger partial charge in [-0.15, -0.1) is 0 Å². The van der Waals surface area contributed by atoms with Gasteiger partial charge >= 0.3 is 10.2 Å². The van der Waals surface area contributed by atoms with E-state index in [1.165, 1.54) is 22.5 Å². The summed E-state index contributed by atoms with van der Waals surface area (Å²) in [5.74, 6) is -0.516. The molecule has 0 bridgehead atoms. The average Bonchev–Trinajstić information content (AvgIpc) is 2.30. The fraction of sp³-hybridized carbons (Fsp3) is 0.455. The van der Waals surface area contributed by atoms with Gasteiger partial charge < -0.3 is 5.73 Å². The molecule has 0 heterocycles. The lowest BCUT2D eigenvalue weighted by molar-refractivity contribution is 0.449. The maximum absolute atomic E-state index is 13.5. The number of rotatable bonds is 6. The van der Waals surface area contributed by atoms with Gasteiger partial charge in [0.1, 0.15) is 5.82 Å². The largest absolute Gasteiger partial charge is 0.326 e. The number of hydrogen-bond acceptors (Lipinski definition) is 3. The third-order valence-electron chi connectivity index (χ3n) is 2.61. The van der Waals surface area contributed by atoms with E-state index in [0.717, 1.165) is 0 Å². The first-order chi connectivity index (χ1) is 8.46. The van der Waals surface area contributed by atoms with Gasteiger partial charge in [0.15, 0.2) is 0 Å². The van der Waals surface area contributed by atoms with Gasteiger partial charge in [-0.25, -0.2) is 4.39 Å². The zero-order valence-corrected chi connectivity index (χ0v) is 11.3. The van der Waals surface area contributed by atoms with E-state index in [2.05, 4.69) is 4.72 Å². The van der Waals surface area contributed by atoms with Crippen LogP contribution in [0.25, 0.3) is 0 Å². The van der Waals surface area contributed by atoms with Crippen LogP contribution in [-0.4, -0.2) is 25.8 Å². The van der Waals surface area contributed by atoms with Crippen LogP contribution in [0, 0.1) is 5.82 Å². The number of hydrogen-bond donors (Lipinski definition) is 2. The summed E-state index contributed by atoms with van der Waals surface area (Å²) in [6.45, 7) is 4.09. The molecule has 18 heavy (non-hydrogen) atoms. The maximum Gasteiger partial charge on any atom is 0.301 e. The van der Waals surface area contributed by atoms with Crippen molar-refractivity contribution in [3.05, 3.63) is 29.6 Å². The summed E-state index contributed by atoms with van der Waals surface area (Å²) in [6, 6.07) is 4.18. The molecule has 102 valence electrons. The highest BCUT2D eigenvalue weighted by Gasteiger charge is 2.20. The molecule has 0 aliphatic heterocycles. The van der Waals surface area contributed by atoms with Crippen LogP contribution in [0.15, 0.2) is 18.2 Å². The molecule has 0 saturated heterocycles. The lowest BCUT2D eigenvalue weighted by atomic mass is 10.2. The second-order valence-electron chi connectivity index (χ2n) is 3.66. The van der Waals surface area contributed by atoms with Crippen molar-refractivity contribution in [2.45, 2.75) is 20.4 Å². The van der Waals surface area contributed by atoms with Crippen LogP contribution in [-0.2, 0) is 16.8 Å². The highest BCUT2D eigenvalue weighted by molar-refractivity contribution is 7.90. The highest BCUT2D eigenvalue weighted by Crippen LogP contribution is 2.20. The number of anilines is 1. The van der Waals surface area contributed by atoms with Crippen molar-refractivity contribution in [2.75, 3.05) is 17.8 Å². The number of halogens is 1. The molecule has 1 aromatic rings. The molecule has 0 radical (unpaired) electrons. The predicted molar refractivity (Wildman–Crippen MR) is 69.8 cm³/mol. The maximum atomic E-state index is 13.5. The third kappa shape index (κ3) is 3.18. The Balaban J connectivity index is 3.08. The first-order valence-electron chi connectivity index (χ1n) is 5.71. The molecule has 0 aliphatic rings. The molecule has 0 unspecified atom stereocenters. The number of benzene rings is 1. The van der Waals surface area contributed by atoms with Gasteiger partial charge in [-0.3, -0.25) is 4.72 Å². The molecule has 0 atom stereocenters. The van der Waals surface area contributed by atoms with Crippen LogP contribution >= 0.6 is 0 Å². The standard InChI is InChI=1S/C11H18FN3O2S/c1-3-15(4-2)18(16,17)14-11-7-5-6-10(12)9(11)8-13/h5-7,14H,3-4,8,13H2,1-2H3. The van der Waals surface area contributed by atoms with Gasteiger partial charge in [-0.1, -0.05) is 19.9 Å². The van der Waals surface area contributed by atoms with E-state index in [4.69, 9.17) is 5.73 Å². The molecule has 0 fully saturated rings. The predicted octanol–water partition coefficient (Wildman–Crippen LogP) is 1.28. The van der Waals surface area contributed by atoms with Gasteiger partial charge in [-0.2, -0.15) is 12.7 Å². The normalized spacial score (nSPS) is 11.8. The average molecular weight is 275 g/mol. The van der Waals surface area contributed by atoms with Gasteiger partial charge in [0.05, 0.1) is 5.69 Å².